The van der Waals surface area contributed by atoms with E-state index in [0.717, 1.165) is 35.8 Å². The number of thioether (sulfide) groups is 1. The molecule has 0 spiro atoms. The van der Waals surface area contributed by atoms with Crippen LogP contribution in [0.5, 0.6) is 0 Å². The average Bonchev–Trinajstić information content (AvgIpc) is 3.45. The van der Waals surface area contributed by atoms with E-state index in [1.54, 1.807) is 22.7 Å². The molecule has 4 nitrogen and oxygen atoms in total. The summed E-state index contributed by atoms with van der Waals surface area (Å²) in [6, 6.07) is 4.85. The third kappa shape index (κ3) is 3.58. The first-order valence-electron chi connectivity index (χ1n) is 11.7. The fourth-order valence-corrected chi connectivity index (χ4v) is 8.54. The summed E-state index contributed by atoms with van der Waals surface area (Å²) in [6.45, 7) is 1.52. The van der Waals surface area contributed by atoms with Crippen LogP contribution in [0.3, 0.4) is 0 Å². The second kappa shape index (κ2) is 7.38. The van der Waals surface area contributed by atoms with Gasteiger partial charge in [0.05, 0.1) is 11.2 Å². The lowest BCUT2D eigenvalue weighted by Gasteiger charge is -2.55. The second-order valence-electron chi connectivity index (χ2n) is 10.5. The Hall–Kier alpha value is -1.27. The summed E-state index contributed by atoms with van der Waals surface area (Å²) < 4.78 is 14.8. The number of amidine groups is 1. The molecule has 1 atom stereocenters. The first-order chi connectivity index (χ1) is 14.9. The summed E-state index contributed by atoms with van der Waals surface area (Å²) in [6.07, 6.45) is 9.90. The van der Waals surface area contributed by atoms with Gasteiger partial charge in [-0.25, -0.2) is 4.39 Å². The van der Waals surface area contributed by atoms with E-state index in [-0.39, 0.29) is 23.3 Å². The Morgan fingerprint density at radius 1 is 1.19 bits per heavy atom. The Kier molecular flexibility index (Phi) is 4.84. The average molecular weight is 462 g/mol. The molecular formula is C24H29ClFN3OS. The van der Waals surface area contributed by atoms with Gasteiger partial charge in [-0.3, -0.25) is 14.7 Å². The standard InChI is InChI=1S/C24H29ClFN3OS/c1-14(30)28(21-9-18(25)2-5-20(21)26)22-13-31-23(29(22)19-3-4-19)27-24-10-15-6-16(11-24)8-17(7-15)12-24/h2,5,9,15-17,19,22H,3-4,6-8,10-13H2,1H3. The van der Waals surface area contributed by atoms with Crippen LogP contribution in [-0.4, -0.2) is 39.5 Å². The molecule has 5 saturated carbocycles. The van der Waals surface area contributed by atoms with Gasteiger partial charge < -0.3 is 4.90 Å². The van der Waals surface area contributed by atoms with Gasteiger partial charge in [0.1, 0.15) is 12.0 Å². The van der Waals surface area contributed by atoms with Gasteiger partial charge in [-0.05, 0) is 87.3 Å². The molecule has 6 aliphatic rings. The molecular weight excluding hydrogens is 433 g/mol. The summed E-state index contributed by atoms with van der Waals surface area (Å²) in [7, 11) is 0. The number of amides is 1. The van der Waals surface area contributed by atoms with Crippen molar-refractivity contribution < 1.29 is 9.18 Å². The molecule has 1 amide bonds. The lowest BCUT2D eigenvalue weighted by Crippen LogP contribution is -2.53. The van der Waals surface area contributed by atoms with Gasteiger partial charge in [-0.15, -0.1) is 0 Å². The topological polar surface area (TPSA) is 35.9 Å². The van der Waals surface area contributed by atoms with Gasteiger partial charge in [0, 0.05) is 23.7 Å². The highest BCUT2D eigenvalue weighted by molar-refractivity contribution is 8.14. The SMILES string of the molecule is CC(=O)N(c1cc(Cl)ccc1F)C1CSC(=NC23CC4CC(CC(C4)C2)C3)N1C1CC1. The molecule has 31 heavy (non-hydrogen) atoms. The van der Waals surface area contributed by atoms with Crippen LogP contribution in [0.25, 0.3) is 0 Å². The number of aliphatic imine (C=N–C) groups is 1. The zero-order valence-corrected chi connectivity index (χ0v) is 19.5. The van der Waals surface area contributed by atoms with Crippen molar-refractivity contribution in [3.63, 3.8) is 0 Å². The van der Waals surface area contributed by atoms with Crippen molar-refractivity contribution in [3.8, 4) is 0 Å². The summed E-state index contributed by atoms with van der Waals surface area (Å²) >= 11 is 7.92. The lowest BCUT2D eigenvalue weighted by molar-refractivity contribution is -0.117. The minimum absolute atomic E-state index is 0.0987. The molecule has 1 unspecified atom stereocenters. The maximum Gasteiger partial charge on any atom is 0.225 e. The van der Waals surface area contributed by atoms with Crippen LogP contribution in [0.2, 0.25) is 5.02 Å². The summed E-state index contributed by atoms with van der Waals surface area (Å²) in [4.78, 5) is 22.2. The summed E-state index contributed by atoms with van der Waals surface area (Å²) in [5, 5.41) is 1.52. The van der Waals surface area contributed by atoms with E-state index in [4.69, 9.17) is 16.6 Å². The number of carbonyl (C=O) groups excluding carboxylic acids is 1. The molecule has 5 aliphatic carbocycles. The van der Waals surface area contributed by atoms with Gasteiger partial charge in [-0.2, -0.15) is 0 Å². The molecule has 1 saturated heterocycles. The number of benzene rings is 1. The Balaban J connectivity index is 1.35. The molecule has 0 radical (unpaired) electrons. The van der Waals surface area contributed by atoms with Crippen LogP contribution in [0, 0.1) is 23.6 Å². The molecule has 166 valence electrons. The normalized spacial score (nSPS) is 37.6. The van der Waals surface area contributed by atoms with Crippen LogP contribution >= 0.6 is 23.4 Å². The van der Waals surface area contributed by atoms with E-state index in [2.05, 4.69) is 4.90 Å². The van der Waals surface area contributed by atoms with Crippen LogP contribution in [0.15, 0.2) is 23.2 Å². The number of rotatable bonds is 4. The van der Waals surface area contributed by atoms with E-state index in [0.29, 0.717) is 16.8 Å². The Bertz CT molecular complexity index is 913. The molecule has 1 heterocycles. The number of nitrogens with zero attached hydrogens (tertiary/aromatic N) is 3. The predicted octanol–water partition coefficient (Wildman–Crippen LogP) is 5.69. The summed E-state index contributed by atoms with van der Waals surface area (Å²) in [5.74, 6) is 2.69. The number of halogens is 2. The minimum atomic E-state index is -0.410. The molecule has 1 aliphatic heterocycles. The lowest BCUT2D eigenvalue weighted by atomic mass is 9.53. The quantitative estimate of drug-likeness (QED) is 0.577. The molecule has 1 aromatic carbocycles. The third-order valence-electron chi connectivity index (χ3n) is 7.99. The van der Waals surface area contributed by atoms with Gasteiger partial charge in [-0.1, -0.05) is 23.4 Å². The maximum absolute atomic E-state index is 14.8. The van der Waals surface area contributed by atoms with Crippen molar-refractivity contribution in [2.45, 2.75) is 76.0 Å². The fraction of sp³-hybridized carbons (Fsp3) is 0.667. The number of carbonyl (C=O) groups is 1. The molecule has 0 aromatic heterocycles. The van der Waals surface area contributed by atoms with Crippen molar-refractivity contribution >= 4 is 40.1 Å². The van der Waals surface area contributed by atoms with E-state index in [1.807, 2.05) is 0 Å². The van der Waals surface area contributed by atoms with E-state index in [9.17, 15) is 9.18 Å². The van der Waals surface area contributed by atoms with Crippen molar-refractivity contribution in [2.24, 2.45) is 22.7 Å². The van der Waals surface area contributed by atoms with Crippen molar-refractivity contribution in [3.05, 3.63) is 29.0 Å². The monoisotopic (exact) mass is 461 g/mol. The number of hydrogen-bond donors (Lipinski definition) is 0. The highest BCUT2D eigenvalue weighted by atomic mass is 35.5. The van der Waals surface area contributed by atoms with Crippen LogP contribution < -0.4 is 4.90 Å². The largest absolute Gasteiger partial charge is 0.327 e. The molecule has 7 heteroatoms. The van der Waals surface area contributed by atoms with E-state index < -0.39 is 5.82 Å². The Labute approximate surface area is 192 Å². The van der Waals surface area contributed by atoms with Crippen molar-refractivity contribution in [1.82, 2.24) is 4.90 Å². The van der Waals surface area contributed by atoms with E-state index >= 15 is 0 Å². The number of anilines is 1. The van der Waals surface area contributed by atoms with Crippen LogP contribution in [0.1, 0.15) is 58.3 Å². The molecule has 0 N–H and O–H groups in total. The maximum atomic E-state index is 14.8. The molecule has 4 bridgehead atoms. The Morgan fingerprint density at radius 2 is 1.84 bits per heavy atom. The van der Waals surface area contributed by atoms with Gasteiger partial charge in [0.15, 0.2) is 5.17 Å². The first-order valence-corrected chi connectivity index (χ1v) is 13.0. The van der Waals surface area contributed by atoms with Gasteiger partial charge >= 0.3 is 0 Å². The first kappa shape index (κ1) is 20.3. The molecule has 6 fully saturated rings. The third-order valence-corrected chi connectivity index (χ3v) is 9.25. The van der Waals surface area contributed by atoms with Crippen LogP contribution in [0.4, 0.5) is 10.1 Å². The van der Waals surface area contributed by atoms with Crippen molar-refractivity contribution in [1.29, 1.82) is 0 Å². The fourth-order valence-electron chi connectivity index (χ4n) is 7.09. The minimum Gasteiger partial charge on any atom is -0.327 e. The van der Waals surface area contributed by atoms with Gasteiger partial charge in [0.2, 0.25) is 5.91 Å². The predicted molar refractivity (Wildman–Crippen MR) is 124 cm³/mol. The van der Waals surface area contributed by atoms with Gasteiger partial charge in [0.25, 0.3) is 0 Å². The molecule has 1 aromatic rings. The zero-order chi connectivity index (χ0) is 21.3. The highest BCUT2D eigenvalue weighted by Crippen LogP contribution is 2.58. The molecule has 7 rings (SSSR count). The number of hydrogen-bond acceptors (Lipinski definition) is 3. The van der Waals surface area contributed by atoms with Crippen LogP contribution in [-0.2, 0) is 4.79 Å². The zero-order valence-electron chi connectivity index (χ0n) is 17.9. The Morgan fingerprint density at radius 3 is 2.42 bits per heavy atom. The summed E-state index contributed by atoms with van der Waals surface area (Å²) in [5.41, 5.74) is 0.369. The smallest absolute Gasteiger partial charge is 0.225 e. The van der Waals surface area contributed by atoms with E-state index in [1.165, 1.54) is 57.6 Å². The second-order valence-corrected chi connectivity index (χ2v) is 11.9. The highest BCUT2D eigenvalue weighted by Gasteiger charge is 2.53. The van der Waals surface area contributed by atoms with Crippen molar-refractivity contribution in [2.75, 3.05) is 10.7 Å².